The SMILES string of the molecule is CC(=O)N(c1nc(CSc2nnc(C3CCCCC3)o2)cs1)c1cccc(C)c1C. The van der Waals surface area contributed by atoms with Gasteiger partial charge in [-0.25, -0.2) is 4.98 Å². The second kappa shape index (κ2) is 9.31. The zero-order chi connectivity index (χ0) is 21.1. The van der Waals surface area contributed by atoms with E-state index in [2.05, 4.69) is 10.2 Å². The third-order valence-electron chi connectivity index (χ3n) is 5.58. The molecule has 1 saturated carbocycles. The summed E-state index contributed by atoms with van der Waals surface area (Å²) in [6, 6.07) is 5.98. The molecule has 1 aliphatic carbocycles. The van der Waals surface area contributed by atoms with Gasteiger partial charge in [-0.3, -0.25) is 9.69 Å². The maximum atomic E-state index is 12.4. The lowest BCUT2D eigenvalue weighted by Gasteiger charge is -2.21. The monoisotopic (exact) mass is 442 g/mol. The van der Waals surface area contributed by atoms with Crippen LogP contribution in [0.4, 0.5) is 10.8 Å². The summed E-state index contributed by atoms with van der Waals surface area (Å²) in [5.74, 6) is 1.76. The number of anilines is 2. The lowest BCUT2D eigenvalue weighted by Crippen LogP contribution is -2.23. The quantitative estimate of drug-likeness (QED) is 0.425. The van der Waals surface area contributed by atoms with Crippen molar-refractivity contribution in [1.29, 1.82) is 0 Å². The first-order valence-corrected chi connectivity index (χ1v) is 12.2. The van der Waals surface area contributed by atoms with Crippen LogP contribution < -0.4 is 4.90 Å². The summed E-state index contributed by atoms with van der Waals surface area (Å²) in [4.78, 5) is 18.8. The molecule has 1 fully saturated rings. The number of amides is 1. The smallest absolute Gasteiger partial charge is 0.276 e. The highest BCUT2D eigenvalue weighted by Crippen LogP contribution is 2.35. The molecular formula is C22H26N4O2S2. The van der Waals surface area contributed by atoms with Crippen molar-refractivity contribution >= 4 is 39.8 Å². The van der Waals surface area contributed by atoms with Crippen molar-refractivity contribution in [1.82, 2.24) is 15.2 Å². The number of aromatic nitrogens is 3. The molecule has 3 aromatic rings. The maximum absolute atomic E-state index is 12.4. The molecule has 1 amide bonds. The van der Waals surface area contributed by atoms with Crippen LogP contribution in [0.1, 0.15) is 67.7 Å². The Kier molecular flexibility index (Phi) is 6.53. The van der Waals surface area contributed by atoms with E-state index in [-0.39, 0.29) is 5.91 Å². The Morgan fingerprint density at radius 2 is 2.03 bits per heavy atom. The van der Waals surface area contributed by atoms with Gasteiger partial charge in [0.15, 0.2) is 5.13 Å². The van der Waals surface area contributed by atoms with Crippen LogP contribution in [0.25, 0.3) is 0 Å². The average Bonchev–Trinajstić information content (AvgIpc) is 3.40. The lowest BCUT2D eigenvalue weighted by molar-refractivity contribution is -0.115. The molecule has 158 valence electrons. The van der Waals surface area contributed by atoms with Crippen LogP contribution in [-0.4, -0.2) is 21.1 Å². The molecule has 0 radical (unpaired) electrons. The van der Waals surface area contributed by atoms with Crippen molar-refractivity contribution in [3.8, 4) is 0 Å². The van der Waals surface area contributed by atoms with Gasteiger partial charge in [0, 0.05) is 24.0 Å². The van der Waals surface area contributed by atoms with Crippen molar-refractivity contribution in [2.75, 3.05) is 4.90 Å². The molecule has 2 heterocycles. The van der Waals surface area contributed by atoms with Crippen molar-refractivity contribution in [3.05, 3.63) is 46.3 Å². The number of aryl methyl sites for hydroxylation is 1. The summed E-state index contributed by atoms with van der Waals surface area (Å²) in [6.07, 6.45) is 6.06. The zero-order valence-corrected chi connectivity index (χ0v) is 19.2. The van der Waals surface area contributed by atoms with Gasteiger partial charge in [0.2, 0.25) is 11.8 Å². The molecule has 0 bridgehead atoms. The Hall–Kier alpha value is -2.19. The molecule has 8 heteroatoms. The van der Waals surface area contributed by atoms with Crippen LogP contribution in [0.5, 0.6) is 0 Å². The largest absolute Gasteiger partial charge is 0.416 e. The molecular weight excluding hydrogens is 416 g/mol. The highest BCUT2D eigenvalue weighted by atomic mass is 32.2. The first-order chi connectivity index (χ1) is 14.5. The van der Waals surface area contributed by atoms with E-state index in [9.17, 15) is 4.79 Å². The Labute approximate surface area is 185 Å². The molecule has 2 aromatic heterocycles. The maximum Gasteiger partial charge on any atom is 0.276 e. The van der Waals surface area contributed by atoms with Crippen LogP contribution in [0.15, 0.2) is 33.2 Å². The molecule has 0 atom stereocenters. The van der Waals surface area contributed by atoms with E-state index in [1.165, 1.54) is 42.4 Å². The number of hydrogen-bond acceptors (Lipinski definition) is 7. The predicted molar refractivity (Wildman–Crippen MR) is 121 cm³/mol. The van der Waals surface area contributed by atoms with Gasteiger partial charge < -0.3 is 4.42 Å². The number of thiazole rings is 1. The van der Waals surface area contributed by atoms with Crippen LogP contribution in [0.2, 0.25) is 0 Å². The van der Waals surface area contributed by atoms with Gasteiger partial charge in [-0.2, -0.15) is 0 Å². The van der Waals surface area contributed by atoms with E-state index >= 15 is 0 Å². The standard InChI is InChI=1S/C22H26N4O2S2/c1-14-8-7-11-19(15(14)2)26(16(3)27)21-23-18(12-29-21)13-30-22-25-24-20(28-22)17-9-5-4-6-10-17/h7-8,11-12,17H,4-6,9-10,13H2,1-3H3. The Balaban J connectivity index is 1.45. The summed E-state index contributed by atoms with van der Waals surface area (Å²) < 4.78 is 5.89. The Bertz CT molecular complexity index is 1020. The average molecular weight is 443 g/mol. The second-order valence-electron chi connectivity index (χ2n) is 7.72. The van der Waals surface area contributed by atoms with Crippen LogP contribution in [0.3, 0.4) is 0 Å². The van der Waals surface area contributed by atoms with E-state index < -0.39 is 0 Å². The van der Waals surface area contributed by atoms with Crippen LogP contribution in [0, 0.1) is 13.8 Å². The van der Waals surface area contributed by atoms with Gasteiger partial charge in [-0.05, 0) is 43.9 Å². The van der Waals surface area contributed by atoms with Crippen molar-refractivity contribution < 1.29 is 9.21 Å². The van der Waals surface area contributed by atoms with Gasteiger partial charge in [-0.1, -0.05) is 43.2 Å². The fraction of sp³-hybridized carbons (Fsp3) is 0.455. The van der Waals surface area contributed by atoms with E-state index in [1.54, 1.807) is 11.8 Å². The summed E-state index contributed by atoms with van der Waals surface area (Å²) in [5, 5.41) is 11.7. The first-order valence-electron chi connectivity index (χ1n) is 10.3. The molecule has 0 aliphatic heterocycles. The third kappa shape index (κ3) is 4.59. The lowest BCUT2D eigenvalue weighted by atomic mass is 9.89. The van der Waals surface area contributed by atoms with Gasteiger partial charge in [0.25, 0.3) is 5.22 Å². The molecule has 0 N–H and O–H groups in total. The molecule has 0 spiro atoms. The van der Waals surface area contributed by atoms with E-state index in [4.69, 9.17) is 9.40 Å². The minimum absolute atomic E-state index is 0.0497. The van der Waals surface area contributed by atoms with E-state index in [0.29, 0.717) is 22.0 Å². The number of carbonyl (C=O) groups is 1. The molecule has 1 aliphatic rings. The van der Waals surface area contributed by atoms with Crippen LogP contribution >= 0.6 is 23.1 Å². The number of benzene rings is 1. The highest BCUT2D eigenvalue weighted by Gasteiger charge is 2.22. The minimum atomic E-state index is -0.0497. The van der Waals surface area contributed by atoms with Crippen molar-refractivity contribution in [2.45, 2.75) is 69.8 Å². The number of thioether (sulfide) groups is 1. The highest BCUT2D eigenvalue weighted by molar-refractivity contribution is 7.98. The fourth-order valence-electron chi connectivity index (χ4n) is 3.78. The molecule has 1 aromatic carbocycles. The van der Waals surface area contributed by atoms with Gasteiger partial charge in [0.1, 0.15) is 0 Å². The van der Waals surface area contributed by atoms with Crippen LogP contribution in [-0.2, 0) is 10.5 Å². The van der Waals surface area contributed by atoms with Crippen molar-refractivity contribution in [3.63, 3.8) is 0 Å². The normalized spacial score (nSPS) is 14.8. The van der Waals surface area contributed by atoms with Gasteiger partial charge in [0.05, 0.1) is 11.4 Å². The van der Waals surface area contributed by atoms with Gasteiger partial charge >= 0.3 is 0 Å². The summed E-state index contributed by atoms with van der Waals surface area (Å²) >= 11 is 2.97. The molecule has 30 heavy (non-hydrogen) atoms. The summed E-state index contributed by atoms with van der Waals surface area (Å²) in [5.41, 5.74) is 4.01. The summed E-state index contributed by atoms with van der Waals surface area (Å²) in [6.45, 7) is 5.65. The number of hydrogen-bond donors (Lipinski definition) is 0. The first kappa shape index (κ1) is 21.1. The number of rotatable bonds is 6. The fourth-order valence-corrected chi connectivity index (χ4v) is 5.43. The number of nitrogens with zero attached hydrogens (tertiary/aromatic N) is 4. The topological polar surface area (TPSA) is 72.1 Å². The molecule has 0 saturated heterocycles. The van der Waals surface area contributed by atoms with Crippen molar-refractivity contribution in [2.24, 2.45) is 0 Å². The Morgan fingerprint density at radius 3 is 2.80 bits per heavy atom. The zero-order valence-electron chi connectivity index (χ0n) is 17.6. The summed E-state index contributed by atoms with van der Waals surface area (Å²) in [7, 11) is 0. The van der Waals surface area contributed by atoms with Gasteiger partial charge in [-0.15, -0.1) is 21.5 Å². The van der Waals surface area contributed by atoms with E-state index in [1.807, 2.05) is 37.4 Å². The minimum Gasteiger partial charge on any atom is -0.416 e. The second-order valence-corrected chi connectivity index (χ2v) is 9.49. The molecule has 0 unspecified atom stereocenters. The molecule has 6 nitrogen and oxygen atoms in total. The Morgan fingerprint density at radius 1 is 1.23 bits per heavy atom. The number of carbonyl (C=O) groups excluding carboxylic acids is 1. The van der Waals surface area contributed by atoms with E-state index in [0.717, 1.165) is 41.2 Å². The third-order valence-corrected chi connectivity index (χ3v) is 7.31. The molecule has 4 rings (SSSR count). The predicted octanol–water partition coefficient (Wildman–Crippen LogP) is 6.17.